The van der Waals surface area contributed by atoms with Gasteiger partial charge in [-0.05, 0) is 69.0 Å². The van der Waals surface area contributed by atoms with Crippen molar-refractivity contribution in [2.45, 2.75) is 71.9 Å². The Bertz CT molecular complexity index is 1620. The summed E-state index contributed by atoms with van der Waals surface area (Å²) >= 11 is 0. The van der Waals surface area contributed by atoms with Gasteiger partial charge in [0.1, 0.15) is 6.61 Å². The van der Waals surface area contributed by atoms with Crippen molar-refractivity contribution in [1.29, 1.82) is 0 Å². The molecule has 4 aromatic rings. The van der Waals surface area contributed by atoms with E-state index < -0.39 is 23.9 Å². The minimum atomic E-state index is -4.50. The number of aromatic nitrogens is 3. The van der Waals surface area contributed by atoms with Crippen molar-refractivity contribution >= 4 is 17.7 Å². The Balaban J connectivity index is 1.56. The summed E-state index contributed by atoms with van der Waals surface area (Å²) in [5.41, 5.74) is 3.13. The van der Waals surface area contributed by atoms with Crippen molar-refractivity contribution in [3.8, 4) is 5.75 Å². The lowest BCUT2D eigenvalue weighted by atomic mass is 9.91. The largest absolute Gasteiger partial charge is 0.486 e. The van der Waals surface area contributed by atoms with Crippen LogP contribution in [-0.2, 0) is 24.1 Å². The second kappa shape index (κ2) is 13.5. The van der Waals surface area contributed by atoms with E-state index in [1.165, 1.54) is 0 Å². The van der Waals surface area contributed by atoms with Crippen LogP contribution in [0.2, 0.25) is 0 Å². The van der Waals surface area contributed by atoms with Crippen LogP contribution in [0.4, 0.5) is 29.6 Å². The molecule has 0 spiro atoms. The van der Waals surface area contributed by atoms with Gasteiger partial charge in [0.25, 0.3) is 0 Å². The Morgan fingerprint density at radius 3 is 2.40 bits per heavy atom. The second-order valence-corrected chi connectivity index (χ2v) is 11.1. The lowest BCUT2D eigenvalue weighted by Gasteiger charge is -2.43. The fourth-order valence-corrected chi connectivity index (χ4v) is 5.66. The third-order valence-corrected chi connectivity index (χ3v) is 7.73. The summed E-state index contributed by atoms with van der Waals surface area (Å²) < 4.78 is 52.7. The number of carbonyl (C=O) groups excluding carboxylic acids is 1. The van der Waals surface area contributed by atoms with Crippen LogP contribution in [0.3, 0.4) is 0 Å². The fraction of sp³-hybridized carbons (Fsp3) is 0.353. The number of ether oxygens (including phenoxy) is 2. The first-order valence-electron chi connectivity index (χ1n) is 14.9. The average Bonchev–Trinajstić information content (AvgIpc) is 3.02. The van der Waals surface area contributed by atoms with E-state index in [1.54, 1.807) is 37.2 Å². The van der Waals surface area contributed by atoms with E-state index in [4.69, 9.17) is 14.5 Å². The van der Waals surface area contributed by atoms with Gasteiger partial charge in [0, 0.05) is 18.3 Å². The van der Waals surface area contributed by atoms with Crippen molar-refractivity contribution in [2.24, 2.45) is 0 Å². The standard InChI is InChI=1S/C34H36F3N5O3/c1-5-27-17-30(31-29(13-12-23(4)40-31)42(27)33(43)44-6-2)41(20-25-14-22(3)15-26(16-25)34(35,36)37)32-38-18-28(19-39-32)45-21-24-10-8-7-9-11-24/h7-16,18-19,27,30H,5-6,17,20-21H2,1-4H3/t27-,30+/m1/s1. The Kier molecular flexibility index (Phi) is 9.55. The van der Waals surface area contributed by atoms with E-state index in [-0.39, 0.29) is 19.2 Å². The SMILES string of the molecule is CCOC(=O)N1c2ccc(C)nc2[C@@H](N(Cc2cc(C)cc(C(F)(F)F)c2)c2ncc(OCc3ccccc3)cn2)C[C@H]1CC. The number of fused-ring (bicyclic) bond motifs is 1. The molecule has 0 saturated carbocycles. The van der Waals surface area contributed by atoms with Crippen molar-refractivity contribution in [3.63, 3.8) is 0 Å². The van der Waals surface area contributed by atoms with Crippen LogP contribution in [0.5, 0.6) is 5.75 Å². The second-order valence-electron chi connectivity index (χ2n) is 11.1. The number of amides is 1. The van der Waals surface area contributed by atoms with Gasteiger partial charge in [0.2, 0.25) is 5.95 Å². The van der Waals surface area contributed by atoms with Gasteiger partial charge in [-0.2, -0.15) is 13.2 Å². The maximum absolute atomic E-state index is 13.8. The molecular weight excluding hydrogens is 583 g/mol. The maximum atomic E-state index is 13.8. The Labute approximate surface area is 260 Å². The summed E-state index contributed by atoms with van der Waals surface area (Å²) in [7, 11) is 0. The molecule has 2 aromatic carbocycles. The first-order chi connectivity index (χ1) is 21.6. The number of hydrogen-bond acceptors (Lipinski definition) is 7. The molecule has 0 N–H and O–H groups in total. The first kappa shape index (κ1) is 31.7. The minimum absolute atomic E-state index is 0.0740. The number of anilines is 2. The topological polar surface area (TPSA) is 80.7 Å². The van der Waals surface area contributed by atoms with Gasteiger partial charge in [-0.25, -0.2) is 14.8 Å². The van der Waals surface area contributed by atoms with Crippen molar-refractivity contribution < 1.29 is 27.4 Å². The predicted octanol–water partition coefficient (Wildman–Crippen LogP) is 7.98. The lowest BCUT2D eigenvalue weighted by molar-refractivity contribution is -0.137. The number of carbonyl (C=O) groups is 1. The lowest BCUT2D eigenvalue weighted by Crippen LogP contribution is -2.48. The summed E-state index contributed by atoms with van der Waals surface area (Å²) in [4.78, 5) is 30.7. The number of benzene rings is 2. The van der Waals surface area contributed by atoms with Crippen molar-refractivity contribution in [2.75, 3.05) is 16.4 Å². The monoisotopic (exact) mass is 619 g/mol. The molecule has 1 aliphatic heterocycles. The van der Waals surface area contributed by atoms with E-state index >= 15 is 0 Å². The molecular formula is C34H36F3N5O3. The number of rotatable bonds is 9. The molecule has 0 fully saturated rings. The summed E-state index contributed by atoms with van der Waals surface area (Å²) in [5.74, 6) is 0.756. The van der Waals surface area contributed by atoms with E-state index in [9.17, 15) is 18.0 Å². The van der Waals surface area contributed by atoms with E-state index in [0.29, 0.717) is 53.7 Å². The molecule has 0 aliphatic carbocycles. The number of hydrogen-bond donors (Lipinski definition) is 0. The Morgan fingerprint density at radius 1 is 1.00 bits per heavy atom. The zero-order chi connectivity index (χ0) is 32.1. The molecule has 45 heavy (non-hydrogen) atoms. The third kappa shape index (κ3) is 7.35. The van der Waals surface area contributed by atoms with E-state index in [1.807, 2.05) is 61.2 Å². The first-order valence-corrected chi connectivity index (χ1v) is 14.9. The van der Waals surface area contributed by atoms with Gasteiger partial charge in [-0.15, -0.1) is 0 Å². The van der Waals surface area contributed by atoms with E-state index in [0.717, 1.165) is 23.4 Å². The van der Waals surface area contributed by atoms with Crippen LogP contribution in [0.25, 0.3) is 0 Å². The molecule has 0 unspecified atom stereocenters. The number of pyridine rings is 1. The molecule has 236 valence electrons. The molecule has 2 aromatic heterocycles. The highest BCUT2D eigenvalue weighted by atomic mass is 19.4. The fourth-order valence-electron chi connectivity index (χ4n) is 5.66. The summed E-state index contributed by atoms with van der Waals surface area (Å²) in [6, 6.07) is 16.7. The van der Waals surface area contributed by atoms with Gasteiger partial charge in [0.05, 0.1) is 42.0 Å². The molecule has 1 amide bonds. The predicted molar refractivity (Wildman–Crippen MR) is 165 cm³/mol. The molecule has 11 heteroatoms. The highest BCUT2D eigenvalue weighted by Crippen LogP contribution is 2.43. The summed E-state index contributed by atoms with van der Waals surface area (Å²) in [5, 5.41) is 0. The number of nitrogens with zero attached hydrogens (tertiary/aromatic N) is 5. The molecule has 0 saturated heterocycles. The molecule has 2 atom stereocenters. The van der Waals surface area contributed by atoms with Crippen LogP contribution in [0.1, 0.15) is 66.4 Å². The molecule has 8 nitrogen and oxygen atoms in total. The molecule has 0 radical (unpaired) electrons. The highest BCUT2D eigenvalue weighted by molar-refractivity contribution is 5.90. The normalized spacial score (nSPS) is 16.2. The Hall–Kier alpha value is -4.67. The summed E-state index contributed by atoms with van der Waals surface area (Å²) in [6.45, 7) is 7.86. The third-order valence-electron chi connectivity index (χ3n) is 7.73. The molecule has 0 bridgehead atoms. The summed E-state index contributed by atoms with van der Waals surface area (Å²) in [6.07, 6.45) is -0.788. The average molecular weight is 620 g/mol. The van der Waals surface area contributed by atoms with Crippen LogP contribution in [-0.4, -0.2) is 33.7 Å². The van der Waals surface area contributed by atoms with Crippen LogP contribution >= 0.6 is 0 Å². The van der Waals surface area contributed by atoms with Crippen LogP contribution in [0.15, 0.2) is 73.1 Å². The number of aryl methyl sites for hydroxylation is 2. The van der Waals surface area contributed by atoms with E-state index in [2.05, 4.69) is 9.97 Å². The smallest absolute Gasteiger partial charge is 0.416 e. The molecule has 3 heterocycles. The number of alkyl halides is 3. The van der Waals surface area contributed by atoms with Crippen LogP contribution in [0, 0.1) is 13.8 Å². The zero-order valence-corrected chi connectivity index (χ0v) is 25.7. The zero-order valence-electron chi connectivity index (χ0n) is 25.7. The Morgan fingerprint density at radius 2 is 1.73 bits per heavy atom. The van der Waals surface area contributed by atoms with Gasteiger partial charge in [-0.3, -0.25) is 9.88 Å². The van der Waals surface area contributed by atoms with Gasteiger partial charge in [-0.1, -0.05) is 48.9 Å². The maximum Gasteiger partial charge on any atom is 0.416 e. The van der Waals surface area contributed by atoms with Crippen LogP contribution < -0.4 is 14.5 Å². The molecule has 1 aliphatic rings. The van der Waals surface area contributed by atoms with Gasteiger partial charge in [0.15, 0.2) is 5.75 Å². The number of halogens is 3. The van der Waals surface area contributed by atoms with Crippen molar-refractivity contribution in [3.05, 3.63) is 107 Å². The highest BCUT2D eigenvalue weighted by Gasteiger charge is 2.41. The van der Waals surface area contributed by atoms with Gasteiger partial charge >= 0.3 is 12.3 Å². The minimum Gasteiger partial charge on any atom is -0.486 e. The van der Waals surface area contributed by atoms with Gasteiger partial charge < -0.3 is 14.4 Å². The quantitative estimate of drug-likeness (QED) is 0.188. The molecule has 5 rings (SSSR count). The van der Waals surface area contributed by atoms with Crippen molar-refractivity contribution in [1.82, 2.24) is 15.0 Å².